The average Bonchev–Trinajstić information content (AvgIpc) is 3.33. The summed E-state index contributed by atoms with van der Waals surface area (Å²) in [5.41, 5.74) is 5.52. The van der Waals surface area contributed by atoms with Gasteiger partial charge in [0.15, 0.2) is 10.7 Å². The fourth-order valence-electron chi connectivity index (χ4n) is 3.66. The van der Waals surface area contributed by atoms with E-state index in [4.69, 9.17) is 5.73 Å². The van der Waals surface area contributed by atoms with Crippen LogP contribution in [0.25, 0.3) is 32.5 Å². The first-order valence-electron chi connectivity index (χ1n) is 11.0. The minimum absolute atomic E-state index is 0.0469. The standard InChI is InChI=1S/C25H16F4N6O2S2/c1-12-5-7-15(27)23(19(12)28)39(36,37)35-16-4-2-3-14(20(16)29)21-22(17-9-10-31-25(30)33-17)38-24(34-21)18-8-6-13(26)11-32-18/h2-11,35H,1H3,(H2,30,31,33). The summed E-state index contributed by atoms with van der Waals surface area (Å²) in [5, 5.41) is 0.284. The van der Waals surface area contributed by atoms with E-state index in [9.17, 15) is 21.6 Å². The van der Waals surface area contributed by atoms with Gasteiger partial charge in [-0.05, 0) is 48.9 Å². The molecule has 198 valence electrons. The first kappa shape index (κ1) is 26.2. The van der Waals surface area contributed by atoms with Crippen molar-refractivity contribution in [3.8, 4) is 32.5 Å². The van der Waals surface area contributed by atoms with Crippen LogP contribution in [0.2, 0.25) is 0 Å². The van der Waals surface area contributed by atoms with Gasteiger partial charge >= 0.3 is 0 Å². The molecule has 3 heterocycles. The molecule has 8 nitrogen and oxygen atoms in total. The van der Waals surface area contributed by atoms with Gasteiger partial charge < -0.3 is 5.73 Å². The zero-order chi connectivity index (χ0) is 27.9. The van der Waals surface area contributed by atoms with E-state index in [-0.39, 0.29) is 33.5 Å². The van der Waals surface area contributed by atoms with Crippen LogP contribution < -0.4 is 10.5 Å². The molecule has 2 aromatic carbocycles. The number of hydrogen-bond donors (Lipinski definition) is 2. The molecular formula is C25H16F4N6O2S2. The second-order valence-corrected chi connectivity index (χ2v) is 10.8. The molecule has 39 heavy (non-hydrogen) atoms. The van der Waals surface area contributed by atoms with Gasteiger partial charge in [-0.2, -0.15) is 0 Å². The van der Waals surface area contributed by atoms with Crippen molar-refractivity contribution in [3.05, 3.63) is 89.8 Å². The molecule has 0 unspecified atom stereocenters. The number of benzene rings is 2. The largest absolute Gasteiger partial charge is 0.368 e. The van der Waals surface area contributed by atoms with E-state index in [0.717, 1.165) is 35.7 Å². The minimum atomic E-state index is -4.87. The Morgan fingerprint density at radius 3 is 2.41 bits per heavy atom. The number of rotatable bonds is 6. The molecule has 0 saturated heterocycles. The van der Waals surface area contributed by atoms with Crippen molar-refractivity contribution in [2.24, 2.45) is 0 Å². The van der Waals surface area contributed by atoms with E-state index in [1.807, 2.05) is 4.72 Å². The van der Waals surface area contributed by atoms with E-state index >= 15 is 4.39 Å². The van der Waals surface area contributed by atoms with Crippen molar-refractivity contribution in [3.63, 3.8) is 0 Å². The third-order valence-electron chi connectivity index (χ3n) is 5.49. The fraction of sp³-hybridized carbons (Fsp3) is 0.0400. The highest BCUT2D eigenvalue weighted by molar-refractivity contribution is 7.92. The predicted molar refractivity (Wildman–Crippen MR) is 138 cm³/mol. The molecule has 0 atom stereocenters. The molecule has 14 heteroatoms. The summed E-state index contributed by atoms with van der Waals surface area (Å²) >= 11 is 1.06. The predicted octanol–water partition coefficient (Wildman–Crippen LogP) is 5.58. The van der Waals surface area contributed by atoms with Crippen LogP contribution in [0.5, 0.6) is 0 Å². The van der Waals surface area contributed by atoms with Gasteiger partial charge in [0.05, 0.1) is 33.8 Å². The molecule has 5 rings (SSSR count). The lowest BCUT2D eigenvalue weighted by molar-refractivity contribution is 0.516. The Labute approximate surface area is 223 Å². The number of aryl methyl sites for hydroxylation is 1. The highest BCUT2D eigenvalue weighted by atomic mass is 32.2. The number of nitrogens with one attached hydrogen (secondary N) is 1. The van der Waals surface area contributed by atoms with Crippen LogP contribution in [-0.4, -0.2) is 28.4 Å². The Morgan fingerprint density at radius 1 is 0.897 bits per heavy atom. The Kier molecular flexibility index (Phi) is 6.74. The van der Waals surface area contributed by atoms with Crippen LogP contribution in [0, 0.1) is 30.2 Å². The number of pyridine rings is 1. The average molecular weight is 573 g/mol. The molecular weight excluding hydrogens is 556 g/mol. The van der Waals surface area contributed by atoms with Crippen molar-refractivity contribution >= 4 is 33.0 Å². The SMILES string of the molecule is Cc1ccc(F)c(S(=O)(=O)Nc2cccc(-c3nc(-c4ccc(F)cn4)sc3-c3ccnc(N)n3)c2F)c1F. The summed E-state index contributed by atoms with van der Waals surface area (Å²) in [7, 11) is -4.87. The maximum Gasteiger partial charge on any atom is 0.267 e. The maximum atomic E-state index is 15.9. The fourth-order valence-corrected chi connectivity index (χ4v) is 5.95. The monoisotopic (exact) mass is 572 g/mol. The molecule has 0 radical (unpaired) electrons. The van der Waals surface area contributed by atoms with E-state index in [1.54, 1.807) is 0 Å². The summed E-state index contributed by atoms with van der Waals surface area (Å²) in [6.07, 6.45) is 2.39. The lowest BCUT2D eigenvalue weighted by Gasteiger charge is -2.13. The topological polar surface area (TPSA) is 124 Å². The smallest absolute Gasteiger partial charge is 0.267 e. The van der Waals surface area contributed by atoms with Crippen molar-refractivity contribution in [1.29, 1.82) is 0 Å². The number of hydrogen-bond acceptors (Lipinski definition) is 8. The minimum Gasteiger partial charge on any atom is -0.368 e. The molecule has 5 aromatic rings. The van der Waals surface area contributed by atoms with Crippen molar-refractivity contribution in [2.75, 3.05) is 10.5 Å². The molecule has 0 saturated carbocycles. The molecule has 0 spiro atoms. The molecule has 0 amide bonds. The first-order chi connectivity index (χ1) is 18.5. The summed E-state index contributed by atoms with van der Waals surface area (Å²) in [4.78, 5) is 15.6. The van der Waals surface area contributed by atoms with Gasteiger partial charge in [0.2, 0.25) is 5.95 Å². The third kappa shape index (κ3) is 5.03. The zero-order valence-electron chi connectivity index (χ0n) is 19.8. The summed E-state index contributed by atoms with van der Waals surface area (Å²) in [6, 6.07) is 9.76. The Morgan fingerprint density at radius 2 is 1.69 bits per heavy atom. The van der Waals surface area contributed by atoms with Gasteiger partial charge in [-0.3, -0.25) is 9.71 Å². The molecule has 0 aliphatic rings. The second kappa shape index (κ2) is 10.0. The number of nitrogen functional groups attached to an aromatic ring is 1. The van der Waals surface area contributed by atoms with E-state index < -0.39 is 43.9 Å². The number of thiazole rings is 1. The Hall–Kier alpha value is -4.43. The van der Waals surface area contributed by atoms with Gasteiger partial charge in [-0.15, -0.1) is 11.3 Å². The Balaban J connectivity index is 1.64. The number of sulfonamides is 1. The highest BCUT2D eigenvalue weighted by Crippen LogP contribution is 2.41. The molecule has 0 fully saturated rings. The van der Waals surface area contributed by atoms with Gasteiger partial charge in [-0.1, -0.05) is 12.1 Å². The van der Waals surface area contributed by atoms with Crippen molar-refractivity contribution in [1.82, 2.24) is 19.9 Å². The molecule has 0 aliphatic carbocycles. The normalized spacial score (nSPS) is 11.5. The van der Waals surface area contributed by atoms with Crippen LogP contribution in [0.4, 0.5) is 29.2 Å². The first-order valence-corrected chi connectivity index (χ1v) is 13.3. The van der Waals surface area contributed by atoms with Crippen LogP contribution in [0.15, 0.2) is 65.8 Å². The zero-order valence-corrected chi connectivity index (χ0v) is 21.4. The lowest BCUT2D eigenvalue weighted by atomic mass is 10.1. The highest BCUT2D eigenvalue weighted by Gasteiger charge is 2.28. The van der Waals surface area contributed by atoms with Crippen LogP contribution in [-0.2, 0) is 10.0 Å². The number of anilines is 2. The Bertz CT molecular complexity index is 1830. The van der Waals surface area contributed by atoms with Crippen LogP contribution >= 0.6 is 11.3 Å². The quantitative estimate of drug-likeness (QED) is 0.255. The lowest BCUT2D eigenvalue weighted by Crippen LogP contribution is -2.18. The summed E-state index contributed by atoms with van der Waals surface area (Å²) in [6.45, 7) is 1.27. The summed E-state index contributed by atoms with van der Waals surface area (Å²) in [5.74, 6) is -4.31. The maximum absolute atomic E-state index is 15.9. The van der Waals surface area contributed by atoms with Crippen molar-refractivity contribution < 1.29 is 26.0 Å². The molecule has 0 bridgehead atoms. The van der Waals surface area contributed by atoms with Gasteiger partial charge in [0, 0.05) is 11.8 Å². The van der Waals surface area contributed by atoms with E-state index in [0.29, 0.717) is 10.6 Å². The molecule has 0 aliphatic heterocycles. The molecule has 3 N–H and O–H groups in total. The number of halogens is 4. The molecule has 3 aromatic heterocycles. The number of nitrogens with zero attached hydrogens (tertiary/aromatic N) is 4. The third-order valence-corrected chi connectivity index (χ3v) is 7.99. The van der Waals surface area contributed by atoms with Crippen molar-refractivity contribution in [2.45, 2.75) is 11.8 Å². The van der Waals surface area contributed by atoms with Crippen LogP contribution in [0.1, 0.15) is 5.56 Å². The van der Waals surface area contributed by atoms with E-state index in [2.05, 4.69) is 19.9 Å². The van der Waals surface area contributed by atoms with Gasteiger partial charge in [0.25, 0.3) is 10.0 Å². The second-order valence-electron chi connectivity index (χ2n) is 8.14. The van der Waals surface area contributed by atoms with E-state index in [1.165, 1.54) is 43.5 Å². The number of aromatic nitrogens is 4. The number of nitrogens with two attached hydrogens (primary N) is 1. The van der Waals surface area contributed by atoms with Gasteiger partial charge in [0.1, 0.15) is 22.5 Å². The summed E-state index contributed by atoms with van der Waals surface area (Å²) < 4.78 is 85.9. The van der Waals surface area contributed by atoms with Gasteiger partial charge in [-0.25, -0.2) is 40.9 Å². The van der Waals surface area contributed by atoms with Crippen LogP contribution in [0.3, 0.4) is 0 Å².